The van der Waals surface area contributed by atoms with Crippen molar-refractivity contribution < 1.29 is 0 Å². The van der Waals surface area contributed by atoms with Gasteiger partial charge in [-0.15, -0.1) is 0 Å². The summed E-state index contributed by atoms with van der Waals surface area (Å²) in [7, 11) is 0. The standard InChI is InChI=1S/C10H5ClN6/c11-7-1-6(14)4-15-10(7)17-5-16-8(2-12)9(17)3-13/h1,4-5H,14H2. The fourth-order valence-electron chi connectivity index (χ4n) is 1.32. The van der Waals surface area contributed by atoms with Crippen molar-refractivity contribution >= 4 is 17.3 Å². The van der Waals surface area contributed by atoms with Gasteiger partial charge in [0.2, 0.25) is 0 Å². The smallest absolute Gasteiger partial charge is 0.177 e. The molecule has 7 heteroatoms. The van der Waals surface area contributed by atoms with E-state index in [4.69, 9.17) is 27.9 Å². The molecule has 2 aromatic rings. The summed E-state index contributed by atoms with van der Waals surface area (Å²) in [6.07, 6.45) is 2.73. The summed E-state index contributed by atoms with van der Waals surface area (Å²) in [5.41, 5.74) is 6.05. The number of anilines is 1. The van der Waals surface area contributed by atoms with Crippen LogP contribution < -0.4 is 5.73 Å². The first-order valence-electron chi connectivity index (χ1n) is 4.46. The molecular weight excluding hydrogens is 240 g/mol. The summed E-state index contributed by atoms with van der Waals surface area (Å²) in [4.78, 5) is 7.80. The van der Waals surface area contributed by atoms with Crippen LogP contribution in [0.2, 0.25) is 5.02 Å². The maximum absolute atomic E-state index is 8.97. The number of hydrogen-bond donors (Lipinski definition) is 1. The van der Waals surface area contributed by atoms with Crippen LogP contribution >= 0.6 is 11.6 Å². The van der Waals surface area contributed by atoms with Crippen LogP contribution in [0.5, 0.6) is 0 Å². The van der Waals surface area contributed by atoms with Gasteiger partial charge in [0.25, 0.3) is 0 Å². The molecule has 2 N–H and O–H groups in total. The highest BCUT2D eigenvalue weighted by atomic mass is 35.5. The van der Waals surface area contributed by atoms with Crippen molar-refractivity contribution in [2.45, 2.75) is 0 Å². The Morgan fingerprint density at radius 1 is 1.29 bits per heavy atom. The van der Waals surface area contributed by atoms with Gasteiger partial charge in [-0.2, -0.15) is 10.5 Å². The number of nitriles is 2. The van der Waals surface area contributed by atoms with E-state index in [-0.39, 0.29) is 16.4 Å². The fourth-order valence-corrected chi connectivity index (χ4v) is 1.59. The molecule has 0 saturated carbocycles. The van der Waals surface area contributed by atoms with Crippen molar-refractivity contribution in [2.75, 3.05) is 5.73 Å². The summed E-state index contributed by atoms with van der Waals surface area (Å²) in [6.45, 7) is 0. The van der Waals surface area contributed by atoms with Crippen molar-refractivity contribution in [3.63, 3.8) is 0 Å². The van der Waals surface area contributed by atoms with Gasteiger partial charge < -0.3 is 5.73 Å². The van der Waals surface area contributed by atoms with Crippen molar-refractivity contribution in [3.8, 4) is 18.0 Å². The molecule has 0 radical (unpaired) electrons. The number of rotatable bonds is 1. The molecule has 0 saturated heterocycles. The Hall–Kier alpha value is -2.57. The fraction of sp³-hybridized carbons (Fsp3) is 0. The second-order valence-corrected chi connectivity index (χ2v) is 3.52. The first-order valence-corrected chi connectivity index (χ1v) is 4.84. The molecule has 2 aromatic heterocycles. The van der Waals surface area contributed by atoms with Crippen LogP contribution in [0, 0.1) is 22.7 Å². The van der Waals surface area contributed by atoms with Gasteiger partial charge in [-0.25, -0.2) is 9.97 Å². The minimum Gasteiger partial charge on any atom is -0.397 e. The second kappa shape index (κ2) is 4.12. The first kappa shape index (κ1) is 10.9. The molecule has 0 aliphatic heterocycles. The molecule has 0 amide bonds. The van der Waals surface area contributed by atoms with E-state index in [0.717, 1.165) is 0 Å². The van der Waals surface area contributed by atoms with Crippen molar-refractivity contribution in [3.05, 3.63) is 35.0 Å². The number of pyridine rings is 1. The topological polar surface area (TPSA) is 104 Å². The van der Waals surface area contributed by atoms with Crippen molar-refractivity contribution in [1.29, 1.82) is 10.5 Å². The largest absolute Gasteiger partial charge is 0.397 e. The Bertz CT molecular complexity index is 660. The van der Waals surface area contributed by atoms with Gasteiger partial charge in [-0.05, 0) is 6.07 Å². The lowest BCUT2D eigenvalue weighted by Gasteiger charge is -2.05. The monoisotopic (exact) mass is 244 g/mol. The third kappa shape index (κ3) is 1.78. The van der Waals surface area contributed by atoms with Crippen LogP contribution in [0.1, 0.15) is 11.4 Å². The van der Waals surface area contributed by atoms with Crippen molar-refractivity contribution in [2.24, 2.45) is 0 Å². The maximum atomic E-state index is 8.97. The van der Waals surface area contributed by atoms with Gasteiger partial charge >= 0.3 is 0 Å². The molecule has 0 aromatic carbocycles. The van der Waals surface area contributed by atoms with Crippen LogP contribution in [0.15, 0.2) is 18.6 Å². The lowest BCUT2D eigenvalue weighted by atomic mass is 10.3. The van der Waals surface area contributed by atoms with Crippen LogP contribution in [-0.2, 0) is 0 Å². The number of imidazole rings is 1. The summed E-state index contributed by atoms with van der Waals surface area (Å²) in [6, 6.07) is 5.21. The molecule has 6 nitrogen and oxygen atoms in total. The van der Waals surface area contributed by atoms with Crippen molar-refractivity contribution in [1.82, 2.24) is 14.5 Å². The van der Waals surface area contributed by atoms with Gasteiger partial charge in [-0.3, -0.25) is 4.57 Å². The minimum absolute atomic E-state index is 0.0298. The maximum Gasteiger partial charge on any atom is 0.177 e. The predicted molar refractivity (Wildman–Crippen MR) is 60.2 cm³/mol. The molecular formula is C10H5ClN6. The SMILES string of the molecule is N#Cc1ncn(-c2ncc(N)cc2Cl)c1C#N. The second-order valence-electron chi connectivity index (χ2n) is 3.11. The summed E-state index contributed by atoms with van der Waals surface area (Å²) < 4.78 is 1.35. The summed E-state index contributed by atoms with van der Waals surface area (Å²) in [5, 5.41) is 18.0. The van der Waals surface area contributed by atoms with Gasteiger partial charge in [0.05, 0.1) is 16.9 Å². The highest BCUT2D eigenvalue weighted by Gasteiger charge is 2.14. The van der Waals surface area contributed by atoms with E-state index < -0.39 is 0 Å². The molecule has 2 heterocycles. The normalized spacial score (nSPS) is 9.59. The van der Waals surface area contributed by atoms with E-state index in [1.165, 1.54) is 23.2 Å². The van der Waals surface area contributed by atoms with E-state index in [0.29, 0.717) is 11.5 Å². The van der Waals surface area contributed by atoms with E-state index in [9.17, 15) is 0 Å². The number of hydrogen-bond acceptors (Lipinski definition) is 5. The molecule has 82 valence electrons. The molecule has 2 rings (SSSR count). The van der Waals surface area contributed by atoms with Gasteiger partial charge in [0.1, 0.15) is 18.5 Å². The average Bonchev–Trinajstić information content (AvgIpc) is 2.71. The highest BCUT2D eigenvalue weighted by Crippen LogP contribution is 2.22. The molecule has 0 bridgehead atoms. The van der Waals surface area contributed by atoms with Crippen LogP contribution in [0.3, 0.4) is 0 Å². The third-order valence-corrected chi connectivity index (χ3v) is 2.33. The Balaban J connectivity index is 2.66. The Morgan fingerprint density at radius 2 is 2.06 bits per heavy atom. The first-order chi connectivity index (χ1) is 8.17. The van der Waals surface area contributed by atoms with E-state index in [1.807, 2.05) is 12.1 Å². The quantitative estimate of drug-likeness (QED) is 0.813. The predicted octanol–water partition coefficient (Wildman–Crippen LogP) is 1.25. The molecule has 0 spiro atoms. The van der Waals surface area contributed by atoms with E-state index in [1.54, 1.807) is 0 Å². The van der Waals surface area contributed by atoms with Gasteiger partial charge in [0, 0.05) is 0 Å². The number of halogens is 1. The zero-order chi connectivity index (χ0) is 12.4. The molecule has 0 atom stereocenters. The van der Waals surface area contributed by atoms with E-state index in [2.05, 4.69) is 9.97 Å². The van der Waals surface area contributed by atoms with Crippen LogP contribution in [0.4, 0.5) is 5.69 Å². The molecule has 0 unspecified atom stereocenters. The van der Waals surface area contributed by atoms with Gasteiger partial charge in [0.15, 0.2) is 17.2 Å². The average molecular weight is 245 g/mol. The molecule has 17 heavy (non-hydrogen) atoms. The number of nitrogens with two attached hydrogens (primary N) is 1. The lowest BCUT2D eigenvalue weighted by Crippen LogP contribution is -2.01. The molecule has 0 aliphatic carbocycles. The van der Waals surface area contributed by atoms with Crippen LogP contribution in [-0.4, -0.2) is 14.5 Å². The zero-order valence-electron chi connectivity index (χ0n) is 8.42. The number of nitrogen functional groups attached to an aromatic ring is 1. The lowest BCUT2D eigenvalue weighted by molar-refractivity contribution is 0.977. The Morgan fingerprint density at radius 3 is 2.65 bits per heavy atom. The van der Waals surface area contributed by atoms with E-state index >= 15 is 0 Å². The Kier molecular flexibility index (Phi) is 2.65. The molecule has 0 fully saturated rings. The summed E-state index contributed by atoms with van der Waals surface area (Å²) >= 11 is 5.96. The Labute approximate surface area is 102 Å². The summed E-state index contributed by atoms with van der Waals surface area (Å²) in [5.74, 6) is 0.311. The minimum atomic E-state index is 0.0298. The zero-order valence-corrected chi connectivity index (χ0v) is 9.18. The van der Waals surface area contributed by atoms with Crippen LogP contribution in [0.25, 0.3) is 5.82 Å². The number of aromatic nitrogens is 3. The number of nitrogens with zero attached hydrogens (tertiary/aromatic N) is 5. The molecule has 0 aliphatic rings. The highest BCUT2D eigenvalue weighted by molar-refractivity contribution is 6.32. The van der Waals surface area contributed by atoms with Gasteiger partial charge in [-0.1, -0.05) is 11.6 Å². The third-order valence-electron chi connectivity index (χ3n) is 2.05.